The number of hydrogen-bond donors (Lipinski definition) is 0. The smallest absolute Gasteiger partial charge is 0.370 e. The molecule has 0 amide bonds. The number of ether oxygens (including phenoxy) is 1. The molecule has 1 unspecified atom stereocenters. The fraction of sp³-hybridized carbons (Fsp3) is 0.294. The minimum Gasteiger partial charge on any atom is -0.370 e. The Morgan fingerprint density at radius 1 is 1.10 bits per heavy atom. The zero-order valence-corrected chi connectivity index (χ0v) is 16.1. The van der Waals surface area contributed by atoms with Gasteiger partial charge in [-0.05, 0) is 11.6 Å². The van der Waals surface area contributed by atoms with Gasteiger partial charge in [-0.2, -0.15) is 13.2 Å². The summed E-state index contributed by atoms with van der Waals surface area (Å²) in [5.41, 5.74) is -3.14. The van der Waals surface area contributed by atoms with Gasteiger partial charge in [-0.1, -0.05) is 34.1 Å². The van der Waals surface area contributed by atoms with E-state index in [0.717, 1.165) is 5.56 Å². The Hall–Kier alpha value is -2.73. The third-order valence-electron chi connectivity index (χ3n) is 4.43. The number of anilines is 1. The van der Waals surface area contributed by atoms with Gasteiger partial charge in [0, 0.05) is 29.7 Å². The lowest BCUT2D eigenvalue weighted by molar-refractivity contribution is -0.393. The molecule has 3 rings (SSSR count). The van der Waals surface area contributed by atoms with Gasteiger partial charge in [0.25, 0.3) is 11.4 Å². The van der Waals surface area contributed by atoms with Crippen LogP contribution >= 0.6 is 15.9 Å². The summed E-state index contributed by atoms with van der Waals surface area (Å²) in [5.74, 6) is 0. The van der Waals surface area contributed by atoms with E-state index in [2.05, 4.69) is 15.9 Å². The predicted molar refractivity (Wildman–Crippen MR) is 99.8 cm³/mol. The van der Waals surface area contributed by atoms with Crippen LogP contribution < -0.4 is 4.90 Å². The number of rotatable bonds is 4. The molecule has 12 heteroatoms. The first-order valence-electron chi connectivity index (χ1n) is 8.24. The second kappa shape index (κ2) is 7.95. The summed E-state index contributed by atoms with van der Waals surface area (Å²) in [4.78, 5) is 22.2. The molecule has 0 saturated carbocycles. The molecule has 1 fully saturated rings. The van der Waals surface area contributed by atoms with E-state index in [0.29, 0.717) is 16.6 Å². The molecule has 0 aliphatic carbocycles. The highest BCUT2D eigenvalue weighted by Gasteiger charge is 2.40. The average molecular weight is 476 g/mol. The van der Waals surface area contributed by atoms with Crippen LogP contribution in [0.25, 0.3) is 0 Å². The van der Waals surface area contributed by atoms with Crippen molar-refractivity contribution in [3.05, 3.63) is 72.2 Å². The molecular formula is C17H13BrF3N3O5. The number of halogens is 4. The van der Waals surface area contributed by atoms with Gasteiger partial charge in [-0.3, -0.25) is 20.2 Å². The molecule has 0 aromatic heterocycles. The molecule has 1 atom stereocenters. The highest BCUT2D eigenvalue weighted by atomic mass is 79.9. The van der Waals surface area contributed by atoms with Crippen LogP contribution in [0.3, 0.4) is 0 Å². The zero-order chi connectivity index (χ0) is 21.3. The molecule has 0 radical (unpaired) electrons. The number of nitro benzene ring substituents is 2. The number of benzene rings is 2. The number of alkyl halides is 3. The molecule has 1 heterocycles. The molecular weight excluding hydrogens is 463 g/mol. The molecule has 1 aliphatic heterocycles. The van der Waals surface area contributed by atoms with Gasteiger partial charge in [-0.25, -0.2) is 0 Å². The summed E-state index contributed by atoms with van der Waals surface area (Å²) in [6, 6.07) is 7.70. The van der Waals surface area contributed by atoms with Crippen molar-refractivity contribution in [2.24, 2.45) is 0 Å². The van der Waals surface area contributed by atoms with Crippen LogP contribution in [0.1, 0.15) is 17.2 Å². The molecule has 0 bridgehead atoms. The summed E-state index contributed by atoms with van der Waals surface area (Å²) >= 11 is 3.37. The summed E-state index contributed by atoms with van der Waals surface area (Å²) in [7, 11) is 0. The Morgan fingerprint density at radius 2 is 1.69 bits per heavy atom. The van der Waals surface area contributed by atoms with Crippen molar-refractivity contribution in [1.29, 1.82) is 0 Å². The lowest BCUT2D eigenvalue weighted by atomic mass is 10.1. The number of hydrogen-bond acceptors (Lipinski definition) is 6. The fourth-order valence-corrected chi connectivity index (χ4v) is 3.69. The van der Waals surface area contributed by atoms with Crippen molar-refractivity contribution in [2.45, 2.75) is 12.3 Å². The molecule has 8 nitrogen and oxygen atoms in total. The maximum Gasteiger partial charge on any atom is 0.416 e. The fourth-order valence-electron chi connectivity index (χ4n) is 3.15. The molecule has 2 aromatic carbocycles. The Morgan fingerprint density at radius 3 is 2.21 bits per heavy atom. The van der Waals surface area contributed by atoms with Crippen LogP contribution in [0.2, 0.25) is 0 Å². The number of nitrogens with zero attached hydrogens (tertiary/aromatic N) is 3. The second-order valence-corrected chi connectivity index (χ2v) is 7.06. The van der Waals surface area contributed by atoms with E-state index in [9.17, 15) is 33.4 Å². The molecule has 1 saturated heterocycles. The van der Waals surface area contributed by atoms with Crippen molar-refractivity contribution in [3.63, 3.8) is 0 Å². The Bertz CT molecular complexity index is 935. The van der Waals surface area contributed by atoms with E-state index in [1.165, 1.54) is 4.90 Å². The van der Waals surface area contributed by atoms with Crippen molar-refractivity contribution in [2.75, 3.05) is 24.6 Å². The van der Waals surface area contributed by atoms with Crippen molar-refractivity contribution in [3.8, 4) is 0 Å². The highest BCUT2D eigenvalue weighted by Crippen LogP contribution is 2.44. The van der Waals surface area contributed by atoms with Gasteiger partial charge in [0.2, 0.25) is 0 Å². The third kappa shape index (κ3) is 4.32. The topological polar surface area (TPSA) is 98.8 Å². The van der Waals surface area contributed by atoms with Gasteiger partial charge >= 0.3 is 6.18 Å². The Balaban J connectivity index is 2.10. The molecule has 154 valence electrons. The largest absolute Gasteiger partial charge is 0.416 e. The van der Waals surface area contributed by atoms with Gasteiger partial charge in [0.05, 0.1) is 22.0 Å². The molecule has 29 heavy (non-hydrogen) atoms. The van der Waals surface area contributed by atoms with E-state index in [1.54, 1.807) is 24.3 Å². The SMILES string of the molecule is O=[N+]([O-])c1cc(C(F)(F)F)cc([N+](=O)[O-])c1N1CCOC(c2ccccc2Br)C1. The van der Waals surface area contributed by atoms with Gasteiger partial charge in [-0.15, -0.1) is 0 Å². The molecule has 1 aliphatic rings. The van der Waals surface area contributed by atoms with E-state index >= 15 is 0 Å². The normalized spacial score (nSPS) is 17.2. The molecule has 2 aromatic rings. The summed E-state index contributed by atoms with van der Waals surface area (Å²) in [6.07, 6.45) is -5.54. The standard InChI is InChI=1S/C17H13BrF3N3O5/c18-12-4-2-1-3-11(12)15-9-22(5-6-29-15)16-13(23(25)26)7-10(17(19,20)21)8-14(16)24(27)28/h1-4,7-8,15H,5-6,9H2. The van der Waals surface area contributed by atoms with Crippen molar-refractivity contribution in [1.82, 2.24) is 0 Å². The first kappa shape index (κ1) is 21.0. The van der Waals surface area contributed by atoms with Crippen molar-refractivity contribution >= 4 is 33.0 Å². The maximum atomic E-state index is 13.1. The quantitative estimate of drug-likeness (QED) is 0.462. The first-order valence-corrected chi connectivity index (χ1v) is 9.04. The lowest BCUT2D eigenvalue weighted by Crippen LogP contribution is -2.39. The van der Waals surface area contributed by atoms with Crippen LogP contribution in [-0.2, 0) is 10.9 Å². The lowest BCUT2D eigenvalue weighted by Gasteiger charge is -2.34. The van der Waals surface area contributed by atoms with Gasteiger partial charge in [0.15, 0.2) is 5.69 Å². The predicted octanol–water partition coefficient (Wildman–Crippen LogP) is 4.86. The van der Waals surface area contributed by atoms with E-state index in [1.807, 2.05) is 0 Å². The molecule has 0 spiro atoms. The van der Waals surface area contributed by atoms with Gasteiger partial charge < -0.3 is 9.64 Å². The Labute approximate surface area is 170 Å². The third-order valence-corrected chi connectivity index (χ3v) is 5.15. The van der Waals surface area contributed by atoms with Gasteiger partial charge in [0.1, 0.15) is 6.10 Å². The van der Waals surface area contributed by atoms with E-state index in [-0.39, 0.29) is 19.7 Å². The highest BCUT2D eigenvalue weighted by molar-refractivity contribution is 9.10. The minimum atomic E-state index is -4.96. The summed E-state index contributed by atoms with van der Waals surface area (Å²) < 4.78 is 45.7. The van der Waals surface area contributed by atoms with Crippen LogP contribution in [0.4, 0.5) is 30.2 Å². The zero-order valence-electron chi connectivity index (χ0n) is 14.6. The molecule has 0 N–H and O–H groups in total. The monoisotopic (exact) mass is 475 g/mol. The number of morpholine rings is 1. The Kier molecular flexibility index (Phi) is 5.75. The second-order valence-electron chi connectivity index (χ2n) is 6.20. The van der Waals surface area contributed by atoms with Crippen LogP contribution in [-0.4, -0.2) is 29.5 Å². The number of nitro groups is 2. The summed E-state index contributed by atoms with van der Waals surface area (Å²) in [6.45, 7) is 0.130. The van der Waals surface area contributed by atoms with Crippen LogP contribution in [0, 0.1) is 20.2 Å². The van der Waals surface area contributed by atoms with Crippen LogP contribution in [0.5, 0.6) is 0 Å². The van der Waals surface area contributed by atoms with E-state index < -0.39 is 44.8 Å². The minimum absolute atomic E-state index is 0.00431. The first-order chi connectivity index (χ1) is 13.6. The van der Waals surface area contributed by atoms with Crippen LogP contribution in [0.15, 0.2) is 40.9 Å². The summed E-state index contributed by atoms with van der Waals surface area (Å²) in [5, 5.41) is 22.9. The maximum absolute atomic E-state index is 13.1. The average Bonchev–Trinajstić information content (AvgIpc) is 2.66. The van der Waals surface area contributed by atoms with E-state index in [4.69, 9.17) is 4.74 Å². The van der Waals surface area contributed by atoms with Crippen molar-refractivity contribution < 1.29 is 27.8 Å².